The zero-order valence-electron chi connectivity index (χ0n) is 13.1. The maximum Gasteiger partial charge on any atom is 0.149 e. The van der Waals surface area contributed by atoms with Crippen molar-refractivity contribution in [3.8, 4) is 0 Å². The smallest absolute Gasteiger partial charge is 0.149 e. The highest BCUT2D eigenvalue weighted by molar-refractivity contribution is 8.86. The van der Waals surface area contributed by atoms with Crippen LogP contribution in [0, 0.1) is 6.92 Å². The first kappa shape index (κ1) is 14.9. The highest BCUT2D eigenvalue weighted by Gasteiger charge is 2.40. The van der Waals surface area contributed by atoms with Gasteiger partial charge in [0.25, 0.3) is 0 Å². The van der Waals surface area contributed by atoms with Crippen molar-refractivity contribution >= 4 is 47.7 Å². The Balaban J connectivity index is 1.56. The molecule has 4 heteroatoms. The van der Waals surface area contributed by atoms with E-state index < -0.39 is 0 Å². The van der Waals surface area contributed by atoms with Crippen LogP contribution in [0.2, 0.25) is 5.02 Å². The van der Waals surface area contributed by atoms with Gasteiger partial charge in [-0.05, 0) is 53.8 Å². The average Bonchev–Trinajstić information content (AvgIpc) is 3.25. The average molecular weight is 371 g/mol. The molecule has 2 aromatic carbocycles. The third-order valence-electron chi connectivity index (χ3n) is 4.63. The summed E-state index contributed by atoms with van der Waals surface area (Å²) in [5.41, 5.74) is 6.66. The summed E-state index contributed by atoms with van der Waals surface area (Å²) in [7, 11) is 1.68. The molecule has 2 heterocycles. The van der Waals surface area contributed by atoms with Crippen molar-refractivity contribution in [2.45, 2.75) is 19.8 Å². The molecule has 2 aliphatic heterocycles. The van der Waals surface area contributed by atoms with Crippen LogP contribution in [-0.2, 0) is 4.18 Å². The lowest BCUT2D eigenvalue weighted by molar-refractivity contribution is 0.609. The maximum atomic E-state index is 6.39. The fourth-order valence-electron chi connectivity index (χ4n) is 3.40. The van der Waals surface area contributed by atoms with E-state index in [1.54, 1.807) is 0 Å². The molecule has 0 N–H and O–H groups in total. The van der Waals surface area contributed by atoms with Gasteiger partial charge in [-0.15, -0.1) is 0 Å². The van der Waals surface area contributed by atoms with Crippen LogP contribution in [0.4, 0.5) is 0 Å². The molecule has 0 amide bonds. The lowest BCUT2D eigenvalue weighted by atomic mass is 10.0. The molecule has 1 atom stereocenters. The van der Waals surface area contributed by atoms with Crippen LogP contribution >= 0.6 is 32.2 Å². The van der Waals surface area contributed by atoms with Gasteiger partial charge in [0.05, 0.1) is 14.7 Å². The number of rotatable bonds is 2. The second kappa shape index (κ2) is 5.55. The first-order valence-corrected chi connectivity index (χ1v) is 10.8. The summed E-state index contributed by atoms with van der Waals surface area (Å²) in [6.45, 7) is 2.12. The quantitative estimate of drug-likeness (QED) is 0.434. The Labute approximate surface area is 152 Å². The predicted molar refractivity (Wildman–Crippen MR) is 107 cm³/mol. The Kier molecular flexibility index (Phi) is 3.44. The monoisotopic (exact) mass is 370 g/mol. The summed E-state index contributed by atoms with van der Waals surface area (Å²) in [5.74, 6) is 1.10. The molecule has 24 heavy (non-hydrogen) atoms. The second-order valence-electron chi connectivity index (χ2n) is 6.22. The lowest BCUT2D eigenvalue weighted by Gasteiger charge is -2.10. The standard InChI is InChI=1S/C20H15ClOS2/c1-12-2-4-13(5-3-12)18-16-10-11-17-19(23-24(22-18)20(16)17)14-6-8-15(21)9-7-14/h2-9H,10-11H2,1H3. The van der Waals surface area contributed by atoms with E-state index in [2.05, 4.69) is 43.3 Å². The number of benzene rings is 2. The summed E-state index contributed by atoms with van der Waals surface area (Å²) in [6.07, 6.45) is 2.22. The van der Waals surface area contributed by atoms with Gasteiger partial charge in [-0.25, -0.2) is 0 Å². The fraction of sp³-hybridized carbons (Fsp3) is 0.150. The summed E-state index contributed by atoms with van der Waals surface area (Å²) in [4.78, 5) is 2.84. The largest absolute Gasteiger partial charge is 0.422 e. The summed E-state index contributed by atoms with van der Waals surface area (Å²) < 4.78 is 6.39. The molecule has 1 aliphatic carbocycles. The van der Waals surface area contributed by atoms with E-state index in [1.807, 2.05) is 22.9 Å². The highest BCUT2D eigenvalue weighted by Crippen LogP contribution is 2.63. The zero-order valence-corrected chi connectivity index (χ0v) is 15.5. The molecular formula is C20H15ClOS2. The van der Waals surface area contributed by atoms with E-state index in [0.29, 0.717) is 0 Å². The van der Waals surface area contributed by atoms with Crippen LogP contribution in [-0.4, -0.2) is 4.86 Å². The van der Waals surface area contributed by atoms with Gasteiger partial charge in [0.15, 0.2) is 0 Å². The maximum absolute atomic E-state index is 6.39. The van der Waals surface area contributed by atoms with Crippen LogP contribution in [0.5, 0.6) is 0 Å². The minimum Gasteiger partial charge on any atom is -0.422 e. The predicted octanol–water partition coefficient (Wildman–Crippen LogP) is 6.61. The van der Waals surface area contributed by atoms with Crippen molar-refractivity contribution in [1.29, 1.82) is 0 Å². The molecule has 0 saturated heterocycles. The number of hydrogen-bond donors (Lipinski definition) is 0. The summed E-state index contributed by atoms with van der Waals surface area (Å²) in [5, 5.41) is 0.785. The van der Waals surface area contributed by atoms with Crippen molar-refractivity contribution in [3.05, 3.63) is 81.4 Å². The molecular weight excluding hydrogens is 356 g/mol. The Bertz CT molecular complexity index is 873. The molecule has 5 rings (SSSR count). The first-order valence-electron chi connectivity index (χ1n) is 7.98. The van der Waals surface area contributed by atoms with Crippen LogP contribution < -0.4 is 0 Å². The van der Waals surface area contributed by atoms with E-state index >= 15 is 0 Å². The molecule has 1 unspecified atom stereocenters. The normalized spacial score (nSPS) is 21.6. The van der Waals surface area contributed by atoms with Gasteiger partial charge in [0.1, 0.15) is 5.76 Å². The van der Waals surface area contributed by atoms with Crippen molar-refractivity contribution in [2.75, 3.05) is 0 Å². The third kappa shape index (κ3) is 2.22. The van der Waals surface area contributed by atoms with Crippen LogP contribution in [0.1, 0.15) is 29.5 Å². The minimum atomic E-state index is -0.185. The molecule has 0 aromatic heterocycles. The Morgan fingerprint density at radius 3 is 2.33 bits per heavy atom. The molecule has 0 spiro atoms. The highest BCUT2D eigenvalue weighted by atomic mass is 35.5. The van der Waals surface area contributed by atoms with Crippen molar-refractivity contribution in [1.82, 2.24) is 0 Å². The Morgan fingerprint density at radius 1 is 0.917 bits per heavy atom. The SMILES string of the molecule is Cc1ccc(C2=C3CCC4=C(c5ccc(Cl)cc5)SS(=C34)O2)cc1. The molecule has 2 aromatic rings. The lowest BCUT2D eigenvalue weighted by Crippen LogP contribution is -1.93. The van der Waals surface area contributed by atoms with Gasteiger partial charge >= 0.3 is 0 Å². The van der Waals surface area contributed by atoms with Crippen molar-refractivity contribution in [3.63, 3.8) is 0 Å². The Morgan fingerprint density at radius 2 is 1.58 bits per heavy atom. The number of hydrogen-bond acceptors (Lipinski definition) is 2. The summed E-state index contributed by atoms with van der Waals surface area (Å²) in [6, 6.07) is 16.8. The van der Waals surface area contributed by atoms with E-state index in [9.17, 15) is 0 Å². The topological polar surface area (TPSA) is 9.23 Å². The molecule has 1 nitrogen and oxygen atoms in total. The van der Waals surface area contributed by atoms with Crippen LogP contribution in [0.15, 0.2) is 59.7 Å². The molecule has 120 valence electrons. The third-order valence-corrected chi connectivity index (χ3v) is 8.48. The first-order chi connectivity index (χ1) is 11.7. The molecule has 1 saturated carbocycles. The minimum absolute atomic E-state index is 0.185. The van der Waals surface area contributed by atoms with Gasteiger partial charge in [0.2, 0.25) is 0 Å². The van der Waals surface area contributed by atoms with E-state index in [4.69, 9.17) is 15.8 Å². The van der Waals surface area contributed by atoms with Gasteiger partial charge < -0.3 is 4.18 Å². The number of halogens is 1. The molecule has 0 bridgehead atoms. The van der Waals surface area contributed by atoms with Gasteiger partial charge in [-0.3, -0.25) is 0 Å². The van der Waals surface area contributed by atoms with Gasteiger partial charge in [0, 0.05) is 21.1 Å². The van der Waals surface area contributed by atoms with Crippen molar-refractivity contribution < 1.29 is 4.18 Å². The van der Waals surface area contributed by atoms with Gasteiger partial charge in [-0.2, -0.15) is 0 Å². The molecule has 1 fully saturated rings. The molecule has 3 aliphatic rings. The Hall–Kier alpha value is -1.42. The van der Waals surface area contributed by atoms with E-state index in [0.717, 1.165) is 23.6 Å². The fourth-order valence-corrected chi connectivity index (χ4v) is 7.83. The zero-order chi connectivity index (χ0) is 16.3. The van der Waals surface area contributed by atoms with Crippen LogP contribution in [0.3, 0.4) is 0 Å². The van der Waals surface area contributed by atoms with E-state index in [-0.39, 0.29) is 9.80 Å². The number of aryl methyl sites for hydroxylation is 1. The van der Waals surface area contributed by atoms with Crippen LogP contribution in [0.25, 0.3) is 10.7 Å². The van der Waals surface area contributed by atoms with Crippen molar-refractivity contribution in [2.24, 2.45) is 0 Å². The summed E-state index contributed by atoms with van der Waals surface area (Å²) >= 11 is 6.03. The van der Waals surface area contributed by atoms with E-state index in [1.165, 1.54) is 37.6 Å². The molecule has 0 radical (unpaired) electrons. The number of allylic oxidation sites excluding steroid dienone is 2. The second-order valence-corrected chi connectivity index (χ2v) is 9.68. The van der Waals surface area contributed by atoms with Gasteiger partial charge in [-0.1, -0.05) is 53.6 Å².